The van der Waals surface area contributed by atoms with Gasteiger partial charge in [-0.1, -0.05) is 19.3 Å². The van der Waals surface area contributed by atoms with Crippen LogP contribution < -0.4 is 5.32 Å². The molecule has 0 saturated heterocycles. The highest BCUT2D eigenvalue weighted by molar-refractivity contribution is 8.62. The van der Waals surface area contributed by atoms with Crippen LogP contribution in [0.2, 0.25) is 0 Å². The van der Waals surface area contributed by atoms with E-state index in [2.05, 4.69) is 5.32 Å². The fourth-order valence-corrected chi connectivity index (χ4v) is 4.90. The molecule has 1 aliphatic carbocycles. The number of carbonyl (C=O) groups is 1. The lowest BCUT2D eigenvalue weighted by Crippen LogP contribution is -2.33. The predicted octanol–water partition coefficient (Wildman–Crippen LogP) is 3.94. The second-order valence-corrected chi connectivity index (χ2v) is 7.99. The van der Waals surface area contributed by atoms with Crippen LogP contribution >= 0.6 is 18.2 Å². The molecule has 1 amide bonds. The molecule has 0 unspecified atom stereocenters. The van der Waals surface area contributed by atoms with Crippen LogP contribution in [0.1, 0.15) is 46.0 Å². The van der Waals surface area contributed by atoms with E-state index in [1.54, 1.807) is 13.8 Å². The van der Waals surface area contributed by atoms with Gasteiger partial charge in [-0.05, 0) is 26.7 Å². The zero-order chi connectivity index (χ0) is 13.4. The van der Waals surface area contributed by atoms with Gasteiger partial charge in [-0.25, -0.2) is 4.57 Å². The summed E-state index contributed by atoms with van der Waals surface area (Å²) in [6.07, 6.45) is 5.52. The third kappa shape index (κ3) is 5.74. The molecule has 0 bridgehead atoms. The van der Waals surface area contributed by atoms with Crippen LogP contribution in [0.15, 0.2) is 0 Å². The van der Waals surface area contributed by atoms with E-state index in [0.717, 1.165) is 25.7 Å². The highest BCUT2D eigenvalue weighted by Gasteiger charge is 2.30. The molecule has 0 atom stereocenters. The molecule has 0 aromatic rings. The van der Waals surface area contributed by atoms with E-state index in [1.165, 1.54) is 6.42 Å². The molecule has 0 aromatic heterocycles. The minimum absolute atomic E-state index is 0.204. The Bertz CT molecular complexity index is 297. The predicted molar refractivity (Wildman–Crippen MR) is 73.9 cm³/mol. The molecule has 0 spiro atoms. The van der Waals surface area contributed by atoms with E-state index in [4.69, 9.17) is 9.05 Å². The van der Waals surface area contributed by atoms with Crippen LogP contribution in [-0.2, 0) is 13.6 Å². The molecule has 0 aromatic carbocycles. The van der Waals surface area contributed by atoms with Crippen molar-refractivity contribution in [1.82, 2.24) is 5.32 Å². The first-order chi connectivity index (χ1) is 8.59. The van der Waals surface area contributed by atoms with E-state index in [-0.39, 0.29) is 24.5 Å². The van der Waals surface area contributed by atoms with E-state index in [9.17, 15) is 9.36 Å². The number of hydrogen-bond acceptors (Lipinski definition) is 5. The average Bonchev–Trinajstić information content (AvgIpc) is 2.30. The monoisotopic (exact) mass is 295 g/mol. The van der Waals surface area contributed by atoms with Crippen molar-refractivity contribution in [2.75, 3.05) is 13.2 Å². The van der Waals surface area contributed by atoms with Gasteiger partial charge in [-0.2, -0.15) is 0 Å². The Hall–Kier alpha value is -0.0300. The lowest BCUT2D eigenvalue weighted by Gasteiger charge is -2.23. The normalized spacial score (nSPS) is 17.7. The third-order valence-electron chi connectivity index (χ3n) is 2.70. The Kier molecular flexibility index (Phi) is 7.30. The van der Waals surface area contributed by atoms with Crippen LogP contribution in [0.3, 0.4) is 0 Å². The van der Waals surface area contributed by atoms with Crippen molar-refractivity contribution in [3.63, 3.8) is 0 Å². The maximum atomic E-state index is 12.1. The summed E-state index contributed by atoms with van der Waals surface area (Å²) in [7, 11) is 0. The number of hydrogen-bond donors (Lipinski definition) is 1. The largest absolute Gasteiger partial charge is 0.398 e. The summed E-state index contributed by atoms with van der Waals surface area (Å²) in [6.45, 7) is 0.646. The van der Waals surface area contributed by atoms with Crippen molar-refractivity contribution >= 4 is 23.4 Å². The molecule has 0 aliphatic heterocycles. The highest BCUT2D eigenvalue weighted by Crippen LogP contribution is 2.60. The summed E-state index contributed by atoms with van der Waals surface area (Å²) in [6, 6.07) is 0.204. The molecule has 106 valence electrons. The SMILES string of the molecule is CCOP(=O)(OCC)SC(=O)NC1CCCCC1. The summed E-state index contributed by atoms with van der Waals surface area (Å²) < 4.78 is 22.3. The summed E-state index contributed by atoms with van der Waals surface area (Å²) in [5, 5.41) is 2.57. The molecular weight excluding hydrogens is 273 g/mol. The standard InChI is InChI=1S/C11H22NO4PS/c1-3-15-17(14,16-4-2)18-11(13)12-10-8-6-5-7-9-10/h10H,3-9H2,1-2H3,(H,12,13). The van der Waals surface area contributed by atoms with Gasteiger partial charge in [-0.15, -0.1) is 0 Å². The van der Waals surface area contributed by atoms with Crippen LogP contribution in [0.4, 0.5) is 4.79 Å². The summed E-state index contributed by atoms with van der Waals surface area (Å²) >= 11 is 0.651. The Morgan fingerprint density at radius 2 is 1.78 bits per heavy atom. The van der Waals surface area contributed by atoms with Gasteiger partial charge in [-0.3, -0.25) is 4.79 Å². The Morgan fingerprint density at radius 3 is 2.28 bits per heavy atom. The van der Waals surface area contributed by atoms with Gasteiger partial charge in [0.15, 0.2) is 0 Å². The molecule has 0 heterocycles. The third-order valence-corrected chi connectivity index (χ3v) is 6.15. The fourth-order valence-electron chi connectivity index (χ4n) is 1.95. The molecule has 1 saturated carbocycles. The Labute approximate surface area is 113 Å². The molecule has 0 radical (unpaired) electrons. The van der Waals surface area contributed by atoms with E-state index < -0.39 is 6.80 Å². The van der Waals surface area contributed by atoms with Crippen molar-refractivity contribution in [3.8, 4) is 0 Å². The molecular formula is C11H22NO4PS. The first-order valence-electron chi connectivity index (χ1n) is 6.49. The fraction of sp³-hybridized carbons (Fsp3) is 0.909. The lowest BCUT2D eigenvalue weighted by molar-refractivity contribution is 0.236. The van der Waals surface area contributed by atoms with Crippen LogP contribution in [0.5, 0.6) is 0 Å². The molecule has 1 aliphatic rings. The van der Waals surface area contributed by atoms with Crippen molar-refractivity contribution in [3.05, 3.63) is 0 Å². The number of amides is 1. The maximum absolute atomic E-state index is 12.1. The van der Waals surface area contributed by atoms with Gasteiger partial charge in [0, 0.05) is 6.04 Å². The van der Waals surface area contributed by atoms with Gasteiger partial charge in [0.25, 0.3) is 5.24 Å². The van der Waals surface area contributed by atoms with Gasteiger partial charge in [0.1, 0.15) is 0 Å². The average molecular weight is 295 g/mol. The smallest absolute Gasteiger partial charge is 0.344 e. The number of rotatable bonds is 6. The van der Waals surface area contributed by atoms with Gasteiger partial charge < -0.3 is 14.4 Å². The minimum Gasteiger partial charge on any atom is -0.344 e. The molecule has 1 N–H and O–H groups in total. The second-order valence-electron chi connectivity index (χ2n) is 4.14. The summed E-state index contributed by atoms with van der Waals surface area (Å²) in [5.41, 5.74) is 0. The zero-order valence-corrected chi connectivity index (χ0v) is 12.7. The van der Waals surface area contributed by atoms with E-state index >= 15 is 0 Å². The molecule has 7 heteroatoms. The van der Waals surface area contributed by atoms with Crippen molar-refractivity contribution in [2.24, 2.45) is 0 Å². The van der Waals surface area contributed by atoms with E-state index in [0.29, 0.717) is 11.4 Å². The number of carbonyl (C=O) groups excluding carboxylic acids is 1. The Balaban J connectivity index is 2.42. The highest BCUT2D eigenvalue weighted by atomic mass is 32.7. The quantitative estimate of drug-likeness (QED) is 0.752. The topological polar surface area (TPSA) is 64.6 Å². The first-order valence-corrected chi connectivity index (χ1v) is 9.45. The van der Waals surface area contributed by atoms with Crippen LogP contribution in [0.25, 0.3) is 0 Å². The van der Waals surface area contributed by atoms with E-state index in [1.807, 2.05) is 0 Å². The van der Waals surface area contributed by atoms with Crippen molar-refractivity contribution < 1.29 is 18.4 Å². The maximum Gasteiger partial charge on any atom is 0.398 e. The molecule has 5 nitrogen and oxygen atoms in total. The van der Waals surface area contributed by atoms with Gasteiger partial charge in [0.2, 0.25) is 0 Å². The number of nitrogens with one attached hydrogen (secondary N) is 1. The van der Waals surface area contributed by atoms with Gasteiger partial charge in [0.05, 0.1) is 24.6 Å². The van der Waals surface area contributed by atoms with Crippen LogP contribution in [0, 0.1) is 0 Å². The molecule has 1 fully saturated rings. The summed E-state index contributed by atoms with van der Waals surface area (Å²) in [5.74, 6) is 0. The lowest BCUT2D eigenvalue weighted by atomic mass is 9.96. The zero-order valence-electron chi connectivity index (χ0n) is 11.0. The van der Waals surface area contributed by atoms with Crippen molar-refractivity contribution in [2.45, 2.75) is 52.0 Å². The molecule has 1 rings (SSSR count). The summed E-state index contributed by atoms with van der Waals surface area (Å²) in [4.78, 5) is 11.8. The Morgan fingerprint density at radius 1 is 1.22 bits per heavy atom. The van der Waals surface area contributed by atoms with Gasteiger partial charge >= 0.3 is 6.80 Å². The molecule has 18 heavy (non-hydrogen) atoms. The second kappa shape index (κ2) is 8.20. The minimum atomic E-state index is -3.34. The van der Waals surface area contributed by atoms with Crippen molar-refractivity contribution in [1.29, 1.82) is 0 Å². The first kappa shape index (κ1) is 16.0. The van der Waals surface area contributed by atoms with Crippen LogP contribution in [-0.4, -0.2) is 24.5 Å².